The summed E-state index contributed by atoms with van der Waals surface area (Å²) in [5.41, 5.74) is 6.34. The van der Waals surface area contributed by atoms with Crippen molar-refractivity contribution < 1.29 is 9.53 Å². The molecule has 6 nitrogen and oxygen atoms in total. The number of rotatable bonds is 8. The van der Waals surface area contributed by atoms with Gasteiger partial charge in [-0.1, -0.05) is 12.1 Å². The van der Waals surface area contributed by atoms with Crippen LogP contribution in [0.1, 0.15) is 36.7 Å². The van der Waals surface area contributed by atoms with E-state index in [9.17, 15) is 4.79 Å². The van der Waals surface area contributed by atoms with Crippen LogP contribution in [0.15, 0.2) is 6.20 Å². The lowest BCUT2D eigenvalue weighted by Gasteiger charge is -2.10. The first-order valence-electron chi connectivity index (χ1n) is 5.88. The highest BCUT2D eigenvalue weighted by Gasteiger charge is 2.19. The molecule has 6 heteroatoms. The molecule has 2 N–H and O–H groups in total. The Labute approximate surface area is 101 Å². The molecule has 0 saturated carbocycles. The van der Waals surface area contributed by atoms with Crippen molar-refractivity contribution in [2.24, 2.45) is 5.73 Å². The molecule has 0 aliphatic heterocycles. The molecule has 0 aliphatic carbocycles. The highest BCUT2D eigenvalue weighted by atomic mass is 16.5. The maximum atomic E-state index is 12.0. The quantitative estimate of drug-likeness (QED) is 0.532. The molecule has 0 amide bonds. The number of aromatic nitrogens is 3. The molecule has 0 bridgehead atoms. The minimum Gasteiger partial charge on any atom is -0.385 e. The highest BCUT2D eigenvalue weighted by molar-refractivity contribution is 5.98. The summed E-state index contributed by atoms with van der Waals surface area (Å²) < 4.78 is 6.54. The van der Waals surface area contributed by atoms with Crippen LogP contribution >= 0.6 is 0 Å². The van der Waals surface area contributed by atoms with E-state index in [1.807, 2.05) is 6.92 Å². The number of nitrogens with zero attached hydrogens (tertiary/aromatic N) is 3. The van der Waals surface area contributed by atoms with Crippen molar-refractivity contribution in [1.82, 2.24) is 15.0 Å². The van der Waals surface area contributed by atoms with Crippen LogP contribution in [-0.2, 0) is 11.3 Å². The number of carbonyl (C=O) groups is 1. The van der Waals surface area contributed by atoms with E-state index in [1.54, 1.807) is 11.8 Å². The van der Waals surface area contributed by atoms with Crippen molar-refractivity contribution in [2.75, 3.05) is 13.7 Å². The predicted molar refractivity (Wildman–Crippen MR) is 63.7 cm³/mol. The van der Waals surface area contributed by atoms with Crippen molar-refractivity contribution in [3.8, 4) is 0 Å². The van der Waals surface area contributed by atoms with E-state index < -0.39 is 6.04 Å². The van der Waals surface area contributed by atoms with Gasteiger partial charge in [0.25, 0.3) is 0 Å². The summed E-state index contributed by atoms with van der Waals surface area (Å²) in [4.78, 5) is 12.0. The molecule has 0 aromatic carbocycles. The fourth-order valence-corrected chi connectivity index (χ4v) is 1.59. The van der Waals surface area contributed by atoms with Gasteiger partial charge in [-0.2, -0.15) is 0 Å². The van der Waals surface area contributed by atoms with Gasteiger partial charge in [0.2, 0.25) is 0 Å². The van der Waals surface area contributed by atoms with E-state index in [0.717, 1.165) is 12.8 Å². The number of nitrogens with two attached hydrogens (primary N) is 1. The number of aryl methyl sites for hydroxylation is 1. The Bertz CT molecular complexity index is 351. The van der Waals surface area contributed by atoms with Gasteiger partial charge in [0.05, 0.1) is 12.2 Å². The second-order valence-electron chi connectivity index (χ2n) is 3.95. The summed E-state index contributed by atoms with van der Waals surface area (Å²) in [5, 5.41) is 7.62. The van der Waals surface area contributed by atoms with Gasteiger partial charge in [0.1, 0.15) is 5.69 Å². The smallest absolute Gasteiger partial charge is 0.199 e. The number of methoxy groups -OCH3 is 1. The van der Waals surface area contributed by atoms with E-state index in [4.69, 9.17) is 10.5 Å². The fraction of sp³-hybridized carbons (Fsp3) is 0.727. The summed E-state index contributed by atoms with van der Waals surface area (Å²) in [6, 6.07) is -0.501. The molecular formula is C11H20N4O2. The van der Waals surface area contributed by atoms with E-state index in [-0.39, 0.29) is 5.78 Å². The van der Waals surface area contributed by atoms with Gasteiger partial charge in [-0.25, -0.2) is 4.68 Å². The monoisotopic (exact) mass is 240 g/mol. The summed E-state index contributed by atoms with van der Waals surface area (Å²) >= 11 is 0. The molecule has 1 aromatic heterocycles. The van der Waals surface area contributed by atoms with Crippen LogP contribution in [0.4, 0.5) is 0 Å². The van der Waals surface area contributed by atoms with Crippen LogP contribution in [0, 0.1) is 0 Å². The van der Waals surface area contributed by atoms with Crippen LogP contribution < -0.4 is 5.73 Å². The summed E-state index contributed by atoms with van der Waals surface area (Å²) in [6.45, 7) is 3.33. The first-order valence-corrected chi connectivity index (χ1v) is 5.88. The maximum absolute atomic E-state index is 12.0. The number of ether oxygens (including phenoxy) is 1. The fourth-order valence-electron chi connectivity index (χ4n) is 1.59. The Morgan fingerprint density at radius 2 is 2.41 bits per heavy atom. The first-order chi connectivity index (χ1) is 8.20. The standard InChI is InChI=1S/C11H20N4O2/c1-3-6-15-10(8-13-14-15)11(16)9(12)5-4-7-17-2/h8-9H,3-7,12H2,1-2H3. The minimum absolute atomic E-state index is 0.0976. The third-order valence-electron chi connectivity index (χ3n) is 2.51. The molecule has 0 fully saturated rings. The Morgan fingerprint density at radius 3 is 3.06 bits per heavy atom. The molecule has 0 radical (unpaired) electrons. The van der Waals surface area contributed by atoms with Crippen LogP contribution in [0.3, 0.4) is 0 Å². The van der Waals surface area contributed by atoms with E-state index >= 15 is 0 Å². The maximum Gasteiger partial charge on any atom is 0.199 e. The zero-order valence-electron chi connectivity index (χ0n) is 10.4. The third-order valence-corrected chi connectivity index (χ3v) is 2.51. The van der Waals surface area contributed by atoms with Gasteiger partial charge >= 0.3 is 0 Å². The van der Waals surface area contributed by atoms with Gasteiger partial charge in [0.15, 0.2) is 5.78 Å². The van der Waals surface area contributed by atoms with Crippen molar-refractivity contribution in [2.45, 2.75) is 38.8 Å². The molecule has 0 saturated heterocycles. The van der Waals surface area contributed by atoms with E-state index in [2.05, 4.69) is 10.3 Å². The molecular weight excluding hydrogens is 220 g/mol. The van der Waals surface area contributed by atoms with E-state index in [0.29, 0.717) is 25.3 Å². The molecule has 0 aliphatic rings. The largest absolute Gasteiger partial charge is 0.385 e. The predicted octanol–water partition coefficient (Wildman–Crippen LogP) is 0.625. The second kappa shape index (κ2) is 7.13. The Balaban J connectivity index is 2.58. The molecule has 1 aromatic rings. The number of ketones is 1. The number of hydrogen-bond acceptors (Lipinski definition) is 5. The van der Waals surface area contributed by atoms with Crippen LogP contribution in [0.2, 0.25) is 0 Å². The van der Waals surface area contributed by atoms with Crippen molar-refractivity contribution in [3.05, 3.63) is 11.9 Å². The lowest BCUT2D eigenvalue weighted by molar-refractivity contribution is 0.0939. The van der Waals surface area contributed by atoms with Crippen molar-refractivity contribution in [3.63, 3.8) is 0 Å². The van der Waals surface area contributed by atoms with Gasteiger partial charge in [0, 0.05) is 20.3 Å². The average molecular weight is 240 g/mol. The molecule has 1 rings (SSSR count). The van der Waals surface area contributed by atoms with Gasteiger partial charge in [-0.15, -0.1) is 5.10 Å². The molecule has 1 atom stereocenters. The Kier molecular flexibility index (Phi) is 5.79. The SMILES string of the molecule is CCCn1nncc1C(=O)C(N)CCCOC. The van der Waals surface area contributed by atoms with Crippen LogP contribution in [0.25, 0.3) is 0 Å². The lowest BCUT2D eigenvalue weighted by atomic mass is 10.1. The number of hydrogen-bond donors (Lipinski definition) is 1. The summed E-state index contributed by atoms with van der Waals surface area (Å²) in [5.74, 6) is -0.0976. The molecule has 0 spiro atoms. The zero-order chi connectivity index (χ0) is 12.7. The second-order valence-corrected chi connectivity index (χ2v) is 3.95. The third kappa shape index (κ3) is 3.90. The highest BCUT2D eigenvalue weighted by Crippen LogP contribution is 2.06. The topological polar surface area (TPSA) is 83.0 Å². The van der Waals surface area contributed by atoms with Gasteiger partial charge in [-0.05, 0) is 19.3 Å². The van der Waals surface area contributed by atoms with Crippen LogP contribution in [-0.4, -0.2) is 40.5 Å². The Morgan fingerprint density at radius 1 is 1.65 bits per heavy atom. The van der Waals surface area contributed by atoms with Gasteiger partial charge < -0.3 is 10.5 Å². The molecule has 17 heavy (non-hydrogen) atoms. The number of carbonyl (C=O) groups excluding carboxylic acids is 1. The summed E-state index contributed by atoms with van der Waals surface area (Å²) in [6.07, 6.45) is 3.78. The van der Waals surface area contributed by atoms with Gasteiger partial charge in [-0.3, -0.25) is 4.79 Å². The molecule has 96 valence electrons. The lowest BCUT2D eigenvalue weighted by Crippen LogP contribution is -2.32. The van der Waals surface area contributed by atoms with E-state index in [1.165, 1.54) is 6.20 Å². The Hall–Kier alpha value is -1.27. The molecule has 1 heterocycles. The van der Waals surface area contributed by atoms with Crippen molar-refractivity contribution in [1.29, 1.82) is 0 Å². The summed E-state index contributed by atoms with van der Waals surface area (Å²) in [7, 11) is 1.63. The minimum atomic E-state index is -0.501. The number of Topliss-reactive ketones (excluding diaryl/α,β-unsaturated/α-hetero) is 1. The average Bonchev–Trinajstić information content (AvgIpc) is 2.77. The normalized spacial score (nSPS) is 12.6. The molecule has 1 unspecified atom stereocenters. The van der Waals surface area contributed by atoms with Crippen molar-refractivity contribution >= 4 is 5.78 Å². The first kappa shape index (κ1) is 13.8. The van der Waals surface area contributed by atoms with Crippen LogP contribution in [0.5, 0.6) is 0 Å². The zero-order valence-corrected chi connectivity index (χ0v) is 10.4.